The molecule has 1 heterocycles. The first-order valence-corrected chi connectivity index (χ1v) is 15.0. The van der Waals surface area contributed by atoms with Crippen LogP contribution in [0.2, 0.25) is 0 Å². The van der Waals surface area contributed by atoms with Gasteiger partial charge in [0.2, 0.25) is 0 Å². The van der Waals surface area contributed by atoms with Crippen LogP contribution in [-0.4, -0.2) is 6.61 Å². The van der Waals surface area contributed by atoms with Crippen molar-refractivity contribution in [2.75, 3.05) is 6.61 Å². The van der Waals surface area contributed by atoms with Gasteiger partial charge in [0.15, 0.2) is 11.6 Å². The second-order valence-electron chi connectivity index (χ2n) is 11.1. The molecule has 1 saturated heterocycles. The highest BCUT2D eigenvalue weighted by molar-refractivity contribution is 5.71. The topological polar surface area (TPSA) is 9.23 Å². The number of halogens is 3. The van der Waals surface area contributed by atoms with Crippen LogP contribution in [0.4, 0.5) is 13.2 Å². The summed E-state index contributed by atoms with van der Waals surface area (Å²) >= 11 is 0. The molecule has 2 atom stereocenters. The van der Waals surface area contributed by atoms with Gasteiger partial charge in [0.05, 0.1) is 12.7 Å². The molecule has 4 rings (SSSR count). The molecule has 2 unspecified atom stereocenters. The molecule has 4 heteroatoms. The number of hydrogen-bond donors (Lipinski definition) is 0. The predicted octanol–water partition coefficient (Wildman–Crippen LogP) is 11.0. The van der Waals surface area contributed by atoms with Crippen molar-refractivity contribution in [3.8, 4) is 22.3 Å². The van der Waals surface area contributed by atoms with Gasteiger partial charge in [0, 0.05) is 11.1 Å². The summed E-state index contributed by atoms with van der Waals surface area (Å²) in [5.74, 6) is -1.26. The minimum Gasteiger partial charge on any atom is -0.373 e. The van der Waals surface area contributed by atoms with Crippen molar-refractivity contribution in [2.45, 2.75) is 97.0 Å². The summed E-state index contributed by atoms with van der Waals surface area (Å²) in [5.41, 5.74) is 3.30. The standard InChI is InChI=1S/C35H43F3O/c1-3-5-6-7-8-9-10-12-28-18-21-31(35(38)34(28)37)27-16-14-26(15-17-27)30-20-19-29(23-32(30)36)33-22-13-25(11-4-2)24-39-33/h14-21,23,25,33H,3-13,22,24H2,1-2H3. The van der Waals surface area contributed by atoms with Crippen LogP contribution < -0.4 is 0 Å². The van der Waals surface area contributed by atoms with Crippen LogP contribution in [0.15, 0.2) is 54.6 Å². The Morgan fingerprint density at radius 2 is 1.36 bits per heavy atom. The van der Waals surface area contributed by atoms with Crippen LogP contribution in [-0.2, 0) is 11.2 Å². The molecule has 0 N–H and O–H groups in total. The van der Waals surface area contributed by atoms with Gasteiger partial charge in [-0.15, -0.1) is 0 Å². The van der Waals surface area contributed by atoms with Crippen molar-refractivity contribution < 1.29 is 17.9 Å². The molecule has 0 aliphatic carbocycles. The number of hydrogen-bond acceptors (Lipinski definition) is 1. The Balaban J connectivity index is 1.38. The third kappa shape index (κ3) is 7.75. The van der Waals surface area contributed by atoms with Gasteiger partial charge in [-0.3, -0.25) is 0 Å². The summed E-state index contributed by atoms with van der Waals surface area (Å²) in [6.07, 6.45) is 12.9. The van der Waals surface area contributed by atoms with E-state index < -0.39 is 11.6 Å². The van der Waals surface area contributed by atoms with Crippen molar-refractivity contribution in [3.05, 3.63) is 83.2 Å². The van der Waals surface area contributed by atoms with Crippen molar-refractivity contribution in [1.82, 2.24) is 0 Å². The Hall–Kier alpha value is -2.59. The van der Waals surface area contributed by atoms with Gasteiger partial charge in [-0.1, -0.05) is 107 Å². The number of ether oxygens (including phenoxy) is 1. The Morgan fingerprint density at radius 1 is 0.692 bits per heavy atom. The Morgan fingerprint density at radius 3 is 2.00 bits per heavy atom. The molecule has 0 saturated carbocycles. The fourth-order valence-corrected chi connectivity index (χ4v) is 5.78. The van der Waals surface area contributed by atoms with Crippen LogP contribution in [0.3, 0.4) is 0 Å². The Kier molecular flexibility index (Phi) is 11.1. The zero-order valence-corrected chi connectivity index (χ0v) is 23.6. The molecule has 0 amide bonds. The van der Waals surface area contributed by atoms with Crippen molar-refractivity contribution in [2.24, 2.45) is 5.92 Å². The summed E-state index contributed by atoms with van der Waals surface area (Å²) in [6, 6.07) is 15.7. The maximum atomic E-state index is 15.1. The highest BCUT2D eigenvalue weighted by Gasteiger charge is 2.23. The molecular formula is C35H43F3O. The summed E-state index contributed by atoms with van der Waals surface area (Å²) in [5, 5.41) is 0. The van der Waals surface area contributed by atoms with Crippen LogP contribution >= 0.6 is 0 Å². The van der Waals surface area contributed by atoms with Crippen LogP contribution in [0.25, 0.3) is 22.3 Å². The van der Waals surface area contributed by atoms with Crippen LogP contribution in [0.1, 0.15) is 102 Å². The zero-order chi connectivity index (χ0) is 27.6. The fourth-order valence-electron chi connectivity index (χ4n) is 5.78. The van der Waals surface area contributed by atoms with Gasteiger partial charge in [-0.2, -0.15) is 0 Å². The Labute approximate surface area is 232 Å². The molecule has 0 radical (unpaired) electrons. The highest BCUT2D eigenvalue weighted by Crippen LogP contribution is 2.35. The molecule has 0 aromatic heterocycles. The Bertz CT molecular complexity index is 1180. The molecule has 3 aromatic carbocycles. The first-order valence-electron chi connectivity index (χ1n) is 15.0. The predicted molar refractivity (Wildman–Crippen MR) is 155 cm³/mol. The molecule has 1 fully saturated rings. The SMILES string of the molecule is CCCCCCCCCc1ccc(-c2ccc(-c3ccc(C4CCC(CCC)CO4)cc3F)cc2)c(F)c1F. The third-order valence-electron chi connectivity index (χ3n) is 8.15. The maximum Gasteiger partial charge on any atom is 0.166 e. The molecule has 0 bridgehead atoms. The van der Waals surface area contributed by atoms with E-state index in [1.807, 2.05) is 6.07 Å². The van der Waals surface area contributed by atoms with Gasteiger partial charge in [-0.05, 0) is 66.3 Å². The lowest BCUT2D eigenvalue weighted by Gasteiger charge is -2.29. The quantitative estimate of drug-likeness (QED) is 0.197. The second-order valence-corrected chi connectivity index (χ2v) is 11.1. The number of rotatable bonds is 13. The van der Waals surface area contributed by atoms with Crippen molar-refractivity contribution in [3.63, 3.8) is 0 Å². The first kappa shape index (κ1) is 29.4. The lowest BCUT2D eigenvalue weighted by molar-refractivity contribution is -0.0195. The normalized spacial score (nSPS) is 17.5. The van der Waals surface area contributed by atoms with Crippen molar-refractivity contribution >= 4 is 0 Å². The van der Waals surface area contributed by atoms with E-state index >= 15 is 4.39 Å². The summed E-state index contributed by atoms with van der Waals surface area (Å²) < 4.78 is 51.0. The lowest BCUT2D eigenvalue weighted by Crippen LogP contribution is -2.20. The minimum atomic E-state index is -0.813. The van der Waals surface area contributed by atoms with Gasteiger partial charge in [-0.25, -0.2) is 13.2 Å². The zero-order valence-electron chi connectivity index (χ0n) is 23.6. The second kappa shape index (κ2) is 14.7. The number of benzene rings is 3. The highest BCUT2D eigenvalue weighted by atomic mass is 19.2. The molecule has 1 aliphatic heterocycles. The van der Waals surface area contributed by atoms with E-state index in [4.69, 9.17) is 4.74 Å². The largest absolute Gasteiger partial charge is 0.373 e. The van der Waals surface area contributed by atoms with E-state index in [2.05, 4.69) is 13.8 Å². The van der Waals surface area contributed by atoms with Gasteiger partial charge >= 0.3 is 0 Å². The van der Waals surface area contributed by atoms with E-state index in [-0.39, 0.29) is 17.5 Å². The third-order valence-corrected chi connectivity index (χ3v) is 8.15. The van der Waals surface area contributed by atoms with Crippen LogP contribution in [0.5, 0.6) is 0 Å². The lowest BCUT2D eigenvalue weighted by atomic mass is 9.91. The smallest absolute Gasteiger partial charge is 0.166 e. The van der Waals surface area contributed by atoms with Gasteiger partial charge in [0.1, 0.15) is 5.82 Å². The molecule has 39 heavy (non-hydrogen) atoms. The molecular weight excluding hydrogens is 493 g/mol. The molecule has 210 valence electrons. The van der Waals surface area contributed by atoms with Gasteiger partial charge in [0.25, 0.3) is 0 Å². The fraction of sp³-hybridized carbons (Fsp3) is 0.486. The average Bonchev–Trinajstić information content (AvgIpc) is 2.95. The van der Waals surface area contributed by atoms with Crippen molar-refractivity contribution in [1.29, 1.82) is 0 Å². The van der Waals surface area contributed by atoms with E-state index in [1.54, 1.807) is 48.5 Å². The van der Waals surface area contributed by atoms with E-state index in [0.717, 1.165) is 50.7 Å². The molecule has 3 aromatic rings. The summed E-state index contributed by atoms with van der Waals surface area (Å²) in [6.45, 7) is 5.12. The minimum absolute atomic E-state index is 0.0596. The molecule has 1 aliphatic rings. The number of aryl methyl sites for hydroxylation is 1. The summed E-state index contributed by atoms with van der Waals surface area (Å²) in [7, 11) is 0. The maximum absolute atomic E-state index is 15.1. The monoisotopic (exact) mass is 536 g/mol. The average molecular weight is 537 g/mol. The van der Waals surface area contributed by atoms with E-state index in [0.29, 0.717) is 34.6 Å². The molecule has 0 spiro atoms. The number of unbranched alkanes of at least 4 members (excludes halogenated alkanes) is 6. The van der Waals surface area contributed by atoms with E-state index in [9.17, 15) is 8.78 Å². The van der Waals surface area contributed by atoms with Gasteiger partial charge < -0.3 is 4.74 Å². The van der Waals surface area contributed by atoms with E-state index in [1.165, 1.54) is 32.1 Å². The summed E-state index contributed by atoms with van der Waals surface area (Å²) in [4.78, 5) is 0. The molecule has 1 nitrogen and oxygen atoms in total. The first-order chi connectivity index (χ1) is 19.0. The van der Waals surface area contributed by atoms with Crippen LogP contribution in [0, 0.1) is 23.4 Å².